The van der Waals surface area contributed by atoms with Gasteiger partial charge in [0.05, 0.1) is 0 Å². The summed E-state index contributed by atoms with van der Waals surface area (Å²) in [7, 11) is 1.61. The Bertz CT molecular complexity index is 407. The lowest BCUT2D eigenvalue weighted by Crippen LogP contribution is -2.22. The first-order chi connectivity index (χ1) is 7.20. The molecule has 1 aromatic rings. The zero-order chi connectivity index (χ0) is 10.8. The molecule has 0 unspecified atom stereocenters. The molecule has 0 aliphatic heterocycles. The highest BCUT2D eigenvalue weighted by Crippen LogP contribution is 2.21. The number of carbonyl (C=O) groups is 2. The molecule has 1 aliphatic rings. The zero-order valence-electron chi connectivity index (χ0n) is 8.75. The molecule has 15 heavy (non-hydrogen) atoms. The number of Topliss-reactive ketones (excluding diaryl/α,β-unsaturated/α-hetero) is 1. The summed E-state index contributed by atoms with van der Waals surface area (Å²) in [6, 6.07) is 0. The molecule has 0 saturated carbocycles. The van der Waals surface area contributed by atoms with Gasteiger partial charge in [-0.25, -0.2) is 0 Å². The van der Waals surface area contributed by atoms with Crippen LogP contribution in [-0.2, 0) is 17.8 Å². The van der Waals surface area contributed by atoms with Crippen LogP contribution in [0.2, 0.25) is 0 Å². The van der Waals surface area contributed by atoms with Crippen LogP contribution in [0, 0.1) is 0 Å². The largest absolute Gasteiger partial charge is 0.358 e. The Labute approximate surface area is 88.3 Å². The summed E-state index contributed by atoms with van der Waals surface area (Å²) < 4.78 is 1.78. The number of ketones is 1. The van der Waals surface area contributed by atoms with Crippen LogP contribution in [0.4, 0.5) is 0 Å². The lowest BCUT2D eigenvalue weighted by Gasteiger charge is -2.07. The molecule has 1 aliphatic carbocycles. The first kappa shape index (κ1) is 9.96. The molecule has 1 amide bonds. The third-order valence-corrected chi connectivity index (χ3v) is 2.72. The van der Waals surface area contributed by atoms with E-state index < -0.39 is 0 Å². The molecule has 0 aromatic carbocycles. The lowest BCUT2D eigenvalue weighted by molar-refractivity contribution is -0.121. The highest BCUT2D eigenvalue weighted by Gasteiger charge is 2.19. The number of amides is 1. The maximum Gasteiger partial charge on any atom is 0.239 e. The Kier molecular flexibility index (Phi) is 2.58. The van der Waals surface area contributed by atoms with E-state index in [1.165, 1.54) is 0 Å². The fourth-order valence-corrected chi connectivity index (χ4v) is 1.92. The van der Waals surface area contributed by atoms with Gasteiger partial charge in [0.25, 0.3) is 0 Å². The third-order valence-electron chi connectivity index (χ3n) is 2.72. The second-order valence-electron chi connectivity index (χ2n) is 3.82. The fourth-order valence-electron chi connectivity index (χ4n) is 1.92. The monoisotopic (exact) mass is 206 g/mol. The van der Waals surface area contributed by atoms with Crippen LogP contribution in [0.1, 0.15) is 28.8 Å². The van der Waals surface area contributed by atoms with Gasteiger partial charge in [-0.15, -0.1) is 0 Å². The van der Waals surface area contributed by atoms with E-state index in [4.69, 9.17) is 0 Å². The number of nitrogens with one attached hydrogen (secondary N) is 1. The average Bonchev–Trinajstić information content (AvgIpc) is 2.62. The number of carbonyl (C=O) groups excluding carboxylic acids is 2. The summed E-state index contributed by atoms with van der Waals surface area (Å²) >= 11 is 0. The van der Waals surface area contributed by atoms with Gasteiger partial charge in [0, 0.05) is 31.4 Å². The highest BCUT2D eigenvalue weighted by molar-refractivity contribution is 5.98. The first-order valence-electron chi connectivity index (χ1n) is 5.13. The normalized spacial score (nSPS) is 14.9. The Morgan fingerprint density at radius 3 is 2.93 bits per heavy atom. The van der Waals surface area contributed by atoms with Crippen LogP contribution in [0.15, 0.2) is 12.4 Å². The van der Waals surface area contributed by atoms with Crippen LogP contribution in [0.3, 0.4) is 0 Å². The van der Waals surface area contributed by atoms with Crippen molar-refractivity contribution in [2.24, 2.45) is 0 Å². The summed E-state index contributed by atoms with van der Waals surface area (Å²) in [5, 5.41) is 2.56. The van der Waals surface area contributed by atoms with Gasteiger partial charge in [-0.3, -0.25) is 9.59 Å². The second-order valence-corrected chi connectivity index (χ2v) is 3.82. The predicted molar refractivity (Wildman–Crippen MR) is 55.8 cm³/mol. The first-order valence-corrected chi connectivity index (χ1v) is 5.13. The van der Waals surface area contributed by atoms with Crippen molar-refractivity contribution in [3.63, 3.8) is 0 Å². The predicted octanol–water partition coefficient (Wildman–Crippen LogP) is 0.753. The Hall–Kier alpha value is -1.58. The van der Waals surface area contributed by atoms with Crippen LogP contribution >= 0.6 is 0 Å². The van der Waals surface area contributed by atoms with Crippen molar-refractivity contribution < 1.29 is 9.59 Å². The van der Waals surface area contributed by atoms with Gasteiger partial charge < -0.3 is 9.88 Å². The Morgan fingerprint density at radius 1 is 1.47 bits per heavy atom. The van der Waals surface area contributed by atoms with Gasteiger partial charge in [-0.05, 0) is 18.4 Å². The topological polar surface area (TPSA) is 51.1 Å². The van der Waals surface area contributed by atoms with Crippen molar-refractivity contribution in [3.8, 4) is 0 Å². The average molecular weight is 206 g/mol. The number of hydrogen-bond donors (Lipinski definition) is 1. The van der Waals surface area contributed by atoms with Crippen molar-refractivity contribution in [1.82, 2.24) is 9.88 Å². The van der Waals surface area contributed by atoms with Gasteiger partial charge >= 0.3 is 0 Å². The van der Waals surface area contributed by atoms with Crippen molar-refractivity contribution >= 4 is 11.7 Å². The van der Waals surface area contributed by atoms with E-state index in [0.717, 1.165) is 24.0 Å². The van der Waals surface area contributed by atoms with Crippen molar-refractivity contribution in [2.45, 2.75) is 25.8 Å². The summed E-state index contributed by atoms with van der Waals surface area (Å²) in [5.74, 6) is 0.154. The van der Waals surface area contributed by atoms with Gasteiger partial charge in [-0.1, -0.05) is 0 Å². The SMILES string of the molecule is CNC(=O)Cn1cc2c(c1)C(=O)CCC2. The molecule has 0 saturated heterocycles. The van der Waals surface area contributed by atoms with Crippen LogP contribution in [0.5, 0.6) is 0 Å². The van der Waals surface area contributed by atoms with Crippen LogP contribution in [-0.4, -0.2) is 23.3 Å². The lowest BCUT2D eigenvalue weighted by atomic mass is 9.95. The van der Waals surface area contributed by atoms with Crippen LogP contribution in [0.25, 0.3) is 0 Å². The molecule has 2 rings (SSSR count). The van der Waals surface area contributed by atoms with Crippen LogP contribution < -0.4 is 5.32 Å². The number of hydrogen-bond acceptors (Lipinski definition) is 2. The summed E-state index contributed by atoms with van der Waals surface area (Å²) in [6.07, 6.45) is 6.20. The summed E-state index contributed by atoms with van der Waals surface area (Å²) in [4.78, 5) is 22.7. The number of likely N-dealkylation sites (N-methyl/N-ethyl adjacent to an activating group) is 1. The van der Waals surface area contributed by atoms with E-state index in [-0.39, 0.29) is 18.2 Å². The summed E-state index contributed by atoms with van der Waals surface area (Å²) in [6.45, 7) is 0.288. The van der Waals surface area contributed by atoms with Gasteiger partial charge in [0.2, 0.25) is 5.91 Å². The molecule has 0 bridgehead atoms. The molecule has 4 heteroatoms. The van der Waals surface area contributed by atoms with E-state index in [1.54, 1.807) is 17.8 Å². The number of fused-ring (bicyclic) bond motifs is 1. The molecule has 0 fully saturated rings. The minimum atomic E-state index is -0.0465. The number of aromatic nitrogens is 1. The molecular weight excluding hydrogens is 192 g/mol. The van der Waals surface area contributed by atoms with E-state index in [9.17, 15) is 9.59 Å². The van der Waals surface area contributed by atoms with Gasteiger partial charge in [0.15, 0.2) is 5.78 Å². The fraction of sp³-hybridized carbons (Fsp3) is 0.455. The number of aryl methyl sites for hydroxylation is 1. The standard InChI is InChI=1S/C11H14N2O2/c1-12-11(15)7-13-5-8-3-2-4-10(14)9(8)6-13/h5-6H,2-4,7H2,1H3,(H,12,15). The minimum Gasteiger partial charge on any atom is -0.358 e. The number of nitrogens with zero attached hydrogens (tertiary/aromatic N) is 1. The smallest absolute Gasteiger partial charge is 0.239 e. The van der Waals surface area contributed by atoms with Crippen molar-refractivity contribution in [2.75, 3.05) is 7.05 Å². The Morgan fingerprint density at radius 2 is 2.27 bits per heavy atom. The molecule has 0 spiro atoms. The maximum atomic E-state index is 11.5. The van der Waals surface area contributed by atoms with E-state index in [1.807, 2.05) is 6.20 Å². The molecule has 1 heterocycles. The Balaban J connectivity index is 2.22. The quantitative estimate of drug-likeness (QED) is 0.776. The minimum absolute atomic E-state index is 0.0465. The van der Waals surface area contributed by atoms with E-state index >= 15 is 0 Å². The van der Waals surface area contributed by atoms with Crippen molar-refractivity contribution in [1.29, 1.82) is 0 Å². The van der Waals surface area contributed by atoms with E-state index in [0.29, 0.717) is 6.42 Å². The molecule has 1 N–H and O–H groups in total. The van der Waals surface area contributed by atoms with E-state index in [2.05, 4.69) is 5.32 Å². The van der Waals surface area contributed by atoms with Gasteiger partial charge in [0.1, 0.15) is 6.54 Å². The highest BCUT2D eigenvalue weighted by atomic mass is 16.1. The van der Waals surface area contributed by atoms with Gasteiger partial charge in [-0.2, -0.15) is 0 Å². The molecular formula is C11H14N2O2. The van der Waals surface area contributed by atoms with Crippen molar-refractivity contribution in [3.05, 3.63) is 23.5 Å². The number of rotatable bonds is 2. The maximum absolute atomic E-state index is 11.5. The molecule has 80 valence electrons. The molecule has 0 atom stereocenters. The molecule has 0 radical (unpaired) electrons. The zero-order valence-corrected chi connectivity index (χ0v) is 8.75. The third kappa shape index (κ3) is 1.93. The summed E-state index contributed by atoms with van der Waals surface area (Å²) in [5.41, 5.74) is 1.88. The molecule has 4 nitrogen and oxygen atoms in total. The molecule has 1 aromatic heterocycles. The second kappa shape index (κ2) is 3.88.